The van der Waals surface area contributed by atoms with Gasteiger partial charge in [0.1, 0.15) is 0 Å². The Hall–Kier alpha value is -2.20. The van der Waals surface area contributed by atoms with Gasteiger partial charge in [-0.05, 0) is 48.9 Å². The number of benzene rings is 2. The Morgan fingerprint density at radius 2 is 1.85 bits per heavy atom. The van der Waals surface area contributed by atoms with Gasteiger partial charge in [-0.1, -0.05) is 11.6 Å². The SMILES string of the molecule is CNC(=O)c1ccc(Nc2ccc(Cl)cc2C)c(N)c1. The molecule has 0 atom stereocenters. The predicted octanol–water partition coefficient (Wildman–Crippen LogP) is 3.33. The van der Waals surface area contributed by atoms with Crippen LogP contribution in [0.3, 0.4) is 0 Å². The van der Waals surface area contributed by atoms with Gasteiger partial charge in [-0.25, -0.2) is 0 Å². The van der Waals surface area contributed by atoms with Crippen molar-refractivity contribution >= 4 is 34.6 Å². The topological polar surface area (TPSA) is 67.2 Å². The summed E-state index contributed by atoms with van der Waals surface area (Å²) >= 11 is 5.93. The van der Waals surface area contributed by atoms with Crippen LogP contribution < -0.4 is 16.4 Å². The Kier molecular flexibility index (Phi) is 4.15. The van der Waals surface area contributed by atoms with E-state index in [4.69, 9.17) is 17.3 Å². The molecule has 0 unspecified atom stereocenters. The first-order valence-electron chi connectivity index (χ1n) is 6.16. The van der Waals surface area contributed by atoms with Crippen LogP contribution in [0.2, 0.25) is 5.02 Å². The molecule has 104 valence electrons. The van der Waals surface area contributed by atoms with E-state index in [0.717, 1.165) is 16.9 Å². The van der Waals surface area contributed by atoms with Crippen LogP contribution in [0.25, 0.3) is 0 Å². The smallest absolute Gasteiger partial charge is 0.251 e. The van der Waals surface area contributed by atoms with Crippen molar-refractivity contribution in [3.63, 3.8) is 0 Å². The normalized spacial score (nSPS) is 10.2. The second-order valence-electron chi connectivity index (χ2n) is 4.47. The quantitative estimate of drug-likeness (QED) is 0.759. The summed E-state index contributed by atoms with van der Waals surface area (Å²) in [6.07, 6.45) is 0. The van der Waals surface area contributed by atoms with Crippen LogP contribution in [-0.2, 0) is 0 Å². The van der Waals surface area contributed by atoms with Gasteiger partial charge < -0.3 is 16.4 Å². The predicted molar refractivity (Wildman–Crippen MR) is 83.7 cm³/mol. The molecule has 0 aliphatic rings. The van der Waals surface area contributed by atoms with Crippen LogP contribution in [0.4, 0.5) is 17.1 Å². The second kappa shape index (κ2) is 5.84. The van der Waals surface area contributed by atoms with Crippen molar-refractivity contribution in [3.05, 3.63) is 52.5 Å². The fourth-order valence-corrected chi connectivity index (χ4v) is 2.10. The minimum atomic E-state index is -0.161. The number of carbonyl (C=O) groups excluding carboxylic acids is 1. The van der Waals surface area contributed by atoms with Crippen molar-refractivity contribution in [1.29, 1.82) is 0 Å². The summed E-state index contributed by atoms with van der Waals surface area (Å²) in [4.78, 5) is 11.5. The van der Waals surface area contributed by atoms with Crippen LogP contribution in [0.5, 0.6) is 0 Å². The number of anilines is 3. The fourth-order valence-electron chi connectivity index (χ4n) is 1.87. The largest absolute Gasteiger partial charge is 0.397 e. The maximum absolute atomic E-state index is 11.5. The molecule has 0 aliphatic carbocycles. The van der Waals surface area contributed by atoms with E-state index in [1.807, 2.05) is 25.1 Å². The molecule has 2 rings (SSSR count). The maximum atomic E-state index is 11.5. The third kappa shape index (κ3) is 3.03. The van der Waals surface area contributed by atoms with Gasteiger partial charge in [0.25, 0.3) is 5.91 Å². The second-order valence-corrected chi connectivity index (χ2v) is 4.90. The van der Waals surface area contributed by atoms with Crippen LogP contribution in [0.15, 0.2) is 36.4 Å². The molecule has 0 aromatic heterocycles. The van der Waals surface area contributed by atoms with E-state index in [1.54, 1.807) is 25.2 Å². The van der Waals surface area contributed by atoms with Crippen LogP contribution in [-0.4, -0.2) is 13.0 Å². The van der Waals surface area contributed by atoms with E-state index < -0.39 is 0 Å². The third-order valence-corrected chi connectivity index (χ3v) is 3.23. The molecule has 2 aromatic carbocycles. The molecule has 20 heavy (non-hydrogen) atoms. The molecular weight excluding hydrogens is 274 g/mol. The zero-order valence-corrected chi connectivity index (χ0v) is 12.1. The van der Waals surface area contributed by atoms with Gasteiger partial charge in [-0.2, -0.15) is 0 Å². The first-order valence-corrected chi connectivity index (χ1v) is 6.54. The standard InChI is InChI=1S/C15H16ClN3O/c1-9-7-11(16)4-6-13(9)19-14-5-3-10(8-12(14)17)15(20)18-2/h3-8,19H,17H2,1-2H3,(H,18,20). The number of nitrogen functional groups attached to an aromatic ring is 1. The molecule has 0 radical (unpaired) electrons. The number of hydrogen-bond donors (Lipinski definition) is 3. The summed E-state index contributed by atoms with van der Waals surface area (Å²) < 4.78 is 0. The minimum Gasteiger partial charge on any atom is -0.397 e. The Morgan fingerprint density at radius 3 is 2.45 bits per heavy atom. The van der Waals surface area contributed by atoms with E-state index in [-0.39, 0.29) is 5.91 Å². The van der Waals surface area contributed by atoms with E-state index in [9.17, 15) is 4.79 Å². The highest BCUT2D eigenvalue weighted by Gasteiger charge is 2.07. The summed E-state index contributed by atoms with van der Waals surface area (Å²) in [6.45, 7) is 1.96. The molecule has 2 aromatic rings. The fraction of sp³-hybridized carbons (Fsp3) is 0.133. The van der Waals surface area contributed by atoms with Crippen molar-refractivity contribution in [3.8, 4) is 0 Å². The first-order chi connectivity index (χ1) is 9.51. The molecular formula is C15H16ClN3O. The minimum absolute atomic E-state index is 0.161. The van der Waals surface area contributed by atoms with Gasteiger partial charge in [0, 0.05) is 23.3 Å². The number of rotatable bonds is 3. The van der Waals surface area contributed by atoms with E-state index in [0.29, 0.717) is 16.3 Å². The van der Waals surface area contributed by atoms with Crippen LogP contribution in [0.1, 0.15) is 15.9 Å². The number of halogens is 1. The lowest BCUT2D eigenvalue weighted by Gasteiger charge is -2.13. The number of nitrogens with two attached hydrogens (primary N) is 1. The zero-order valence-electron chi connectivity index (χ0n) is 11.3. The maximum Gasteiger partial charge on any atom is 0.251 e. The summed E-state index contributed by atoms with van der Waals surface area (Å²) in [5.41, 5.74) is 9.72. The molecule has 0 fully saturated rings. The van der Waals surface area contributed by atoms with Crippen molar-refractivity contribution in [2.45, 2.75) is 6.92 Å². The van der Waals surface area contributed by atoms with Gasteiger partial charge in [0.15, 0.2) is 0 Å². The van der Waals surface area contributed by atoms with Crippen LogP contribution in [0, 0.1) is 6.92 Å². The number of carbonyl (C=O) groups is 1. The number of amides is 1. The summed E-state index contributed by atoms with van der Waals surface area (Å²) in [6, 6.07) is 10.7. The molecule has 0 heterocycles. The molecule has 5 heteroatoms. The molecule has 0 saturated carbocycles. The van der Waals surface area contributed by atoms with Crippen molar-refractivity contribution in [1.82, 2.24) is 5.32 Å². The van der Waals surface area contributed by atoms with Gasteiger partial charge in [-0.15, -0.1) is 0 Å². The third-order valence-electron chi connectivity index (χ3n) is 3.00. The molecule has 0 bridgehead atoms. The molecule has 4 nitrogen and oxygen atoms in total. The summed E-state index contributed by atoms with van der Waals surface area (Å²) in [5.74, 6) is -0.161. The van der Waals surface area contributed by atoms with Crippen LogP contribution >= 0.6 is 11.6 Å². The average Bonchev–Trinajstić information content (AvgIpc) is 2.42. The summed E-state index contributed by atoms with van der Waals surface area (Å²) in [7, 11) is 1.59. The monoisotopic (exact) mass is 289 g/mol. The molecule has 4 N–H and O–H groups in total. The van der Waals surface area contributed by atoms with Gasteiger partial charge in [-0.3, -0.25) is 4.79 Å². The lowest BCUT2D eigenvalue weighted by atomic mass is 10.1. The molecule has 1 amide bonds. The summed E-state index contributed by atoms with van der Waals surface area (Å²) in [5, 5.41) is 6.49. The number of aryl methyl sites for hydroxylation is 1. The average molecular weight is 290 g/mol. The number of nitrogens with one attached hydrogen (secondary N) is 2. The molecule has 0 spiro atoms. The van der Waals surface area contributed by atoms with Gasteiger partial charge in [0.2, 0.25) is 0 Å². The van der Waals surface area contributed by atoms with Crippen molar-refractivity contribution in [2.24, 2.45) is 0 Å². The first kappa shape index (κ1) is 14.2. The number of hydrogen-bond acceptors (Lipinski definition) is 3. The molecule has 0 aliphatic heterocycles. The van der Waals surface area contributed by atoms with Gasteiger partial charge in [0.05, 0.1) is 11.4 Å². The van der Waals surface area contributed by atoms with Gasteiger partial charge >= 0.3 is 0 Å². The lowest BCUT2D eigenvalue weighted by Crippen LogP contribution is -2.18. The lowest BCUT2D eigenvalue weighted by molar-refractivity contribution is 0.0963. The Morgan fingerprint density at radius 1 is 1.15 bits per heavy atom. The highest BCUT2D eigenvalue weighted by molar-refractivity contribution is 6.30. The Balaban J connectivity index is 2.28. The van der Waals surface area contributed by atoms with E-state index in [2.05, 4.69) is 10.6 Å². The van der Waals surface area contributed by atoms with Crippen molar-refractivity contribution < 1.29 is 4.79 Å². The van der Waals surface area contributed by atoms with E-state index in [1.165, 1.54) is 0 Å². The zero-order chi connectivity index (χ0) is 14.7. The van der Waals surface area contributed by atoms with E-state index >= 15 is 0 Å². The highest BCUT2D eigenvalue weighted by Crippen LogP contribution is 2.27. The highest BCUT2D eigenvalue weighted by atomic mass is 35.5. The van der Waals surface area contributed by atoms with Crippen molar-refractivity contribution in [2.75, 3.05) is 18.1 Å². The Bertz CT molecular complexity index is 656. The molecule has 0 saturated heterocycles. The Labute approximate surface area is 122 Å².